The fourth-order valence-corrected chi connectivity index (χ4v) is 4.26. The lowest BCUT2D eigenvalue weighted by Crippen LogP contribution is -2.11. The second-order valence-electron chi connectivity index (χ2n) is 6.20. The van der Waals surface area contributed by atoms with E-state index in [9.17, 15) is 13.2 Å². The van der Waals surface area contributed by atoms with Gasteiger partial charge in [-0.05, 0) is 41.0 Å². The first-order chi connectivity index (χ1) is 13.3. The fourth-order valence-electron chi connectivity index (χ4n) is 2.94. The molecule has 0 saturated heterocycles. The van der Waals surface area contributed by atoms with Crippen LogP contribution in [0.15, 0.2) is 52.9 Å². The first kappa shape index (κ1) is 18.3. The second-order valence-corrected chi connectivity index (χ2v) is 8.71. The Morgan fingerprint density at radius 2 is 1.89 bits per heavy atom. The van der Waals surface area contributed by atoms with Crippen molar-refractivity contribution in [1.82, 2.24) is 15.2 Å². The molecule has 0 aliphatic carbocycles. The van der Waals surface area contributed by atoms with E-state index in [1.807, 2.05) is 12.1 Å². The summed E-state index contributed by atoms with van der Waals surface area (Å²) in [5, 5.41) is 15.6. The van der Waals surface area contributed by atoms with Crippen LogP contribution in [-0.2, 0) is 16.4 Å². The maximum absolute atomic E-state index is 11.5. The number of hydrogen-bond donors (Lipinski definition) is 3. The van der Waals surface area contributed by atoms with Gasteiger partial charge in [0.25, 0.3) is 5.91 Å². The maximum Gasteiger partial charge on any atom is 0.268 e. The van der Waals surface area contributed by atoms with Crippen LogP contribution in [0, 0.1) is 0 Å². The number of carbonyl (C=O) groups excluding carboxylic acids is 1. The normalized spacial score (nSPS) is 11.8. The number of hydrogen-bond acceptors (Lipinski definition) is 6. The average molecular weight is 413 g/mol. The summed E-state index contributed by atoms with van der Waals surface area (Å²) in [6.45, 7) is 0. The molecule has 0 spiro atoms. The third-order valence-electron chi connectivity index (χ3n) is 4.31. The Hall–Kier alpha value is -3.08. The van der Waals surface area contributed by atoms with E-state index in [1.54, 1.807) is 23.7 Å². The quantitative estimate of drug-likeness (QED) is 0.458. The minimum absolute atomic E-state index is 0.0564. The van der Waals surface area contributed by atoms with Gasteiger partial charge in [0.1, 0.15) is 5.69 Å². The van der Waals surface area contributed by atoms with Gasteiger partial charge in [-0.3, -0.25) is 9.89 Å². The van der Waals surface area contributed by atoms with E-state index in [4.69, 9.17) is 10.9 Å². The van der Waals surface area contributed by atoms with Crippen molar-refractivity contribution < 1.29 is 13.2 Å². The number of H-pyrrole nitrogens is 1. The van der Waals surface area contributed by atoms with Crippen LogP contribution in [0.4, 0.5) is 0 Å². The number of benzene rings is 2. The van der Waals surface area contributed by atoms with Gasteiger partial charge in [0.15, 0.2) is 0 Å². The smallest absolute Gasteiger partial charge is 0.268 e. The van der Waals surface area contributed by atoms with Gasteiger partial charge in [0, 0.05) is 17.2 Å². The van der Waals surface area contributed by atoms with Crippen molar-refractivity contribution in [2.45, 2.75) is 11.3 Å². The highest BCUT2D eigenvalue weighted by atomic mass is 32.2. The van der Waals surface area contributed by atoms with Crippen LogP contribution in [0.5, 0.6) is 0 Å². The van der Waals surface area contributed by atoms with Gasteiger partial charge in [-0.25, -0.2) is 18.5 Å². The SMILES string of the molecule is NC(=O)c1csc(Cc2cc(-c3ccc(S(N)(=O)=O)cc3)cc3[nH]ncc23)n1. The molecule has 0 unspecified atom stereocenters. The van der Waals surface area contributed by atoms with Gasteiger partial charge >= 0.3 is 0 Å². The first-order valence-corrected chi connectivity index (χ1v) is 10.6. The number of primary sulfonamides is 1. The first-order valence-electron chi connectivity index (χ1n) is 8.15. The van der Waals surface area contributed by atoms with Gasteiger partial charge in [-0.2, -0.15) is 5.10 Å². The van der Waals surface area contributed by atoms with Gasteiger partial charge in [-0.1, -0.05) is 12.1 Å². The van der Waals surface area contributed by atoms with Crippen molar-refractivity contribution in [2.24, 2.45) is 10.9 Å². The Morgan fingerprint density at radius 1 is 1.14 bits per heavy atom. The van der Waals surface area contributed by atoms with Gasteiger partial charge in [0.2, 0.25) is 10.0 Å². The molecule has 142 valence electrons. The number of amides is 1. The van der Waals surface area contributed by atoms with E-state index in [0.29, 0.717) is 6.42 Å². The molecule has 0 aliphatic heterocycles. The number of aromatic amines is 1. The van der Waals surface area contributed by atoms with E-state index < -0.39 is 15.9 Å². The summed E-state index contributed by atoms with van der Waals surface area (Å²) in [6.07, 6.45) is 2.25. The second kappa shape index (κ2) is 6.82. The van der Waals surface area contributed by atoms with E-state index in [1.165, 1.54) is 23.5 Å². The Balaban J connectivity index is 1.75. The van der Waals surface area contributed by atoms with E-state index >= 15 is 0 Å². The number of aromatic nitrogens is 3. The molecule has 2 aromatic carbocycles. The molecule has 0 radical (unpaired) electrons. The largest absolute Gasteiger partial charge is 0.364 e. The molecule has 0 aliphatic rings. The number of nitrogens with zero attached hydrogens (tertiary/aromatic N) is 2. The molecule has 8 nitrogen and oxygen atoms in total. The van der Waals surface area contributed by atoms with Gasteiger partial charge in [-0.15, -0.1) is 11.3 Å². The number of fused-ring (bicyclic) bond motifs is 1. The predicted octanol–water partition coefficient (Wildman–Crippen LogP) is 2.02. The molecular formula is C18H15N5O3S2. The van der Waals surface area contributed by atoms with Crippen LogP contribution in [0.25, 0.3) is 22.0 Å². The van der Waals surface area contributed by atoms with Gasteiger partial charge in [0.05, 0.1) is 21.6 Å². The Morgan fingerprint density at radius 3 is 2.54 bits per heavy atom. The maximum atomic E-state index is 11.5. The molecule has 2 aromatic heterocycles. The summed E-state index contributed by atoms with van der Waals surface area (Å²) < 4.78 is 22.9. The van der Waals surface area contributed by atoms with E-state index in [-0.39, 0.29) is 10.6 Å². The molecular weight excluding hydrogens is 398 g/mol. The number of sulfonamides is 1. The Bertz CT molecular complexity index is 1290. The van der Waals surface area contributed by atoms with Gasteiger partial charge < -0.3 is 5.73 Å². The topological polar surface area (TPSA) is 145 Å². The monoisotopic (exact) mass is 413 g/mol. The summed E-state index contributed by atoms with van der Waals surface area (Å²) in [6, 6.07) is 10.3. The van der Waals surface area contributed by atoms with Crippen molar-refractivity contribution in [1.29, 1.82) is 0 Å². The molecule has 2 heterocycles. The molecule has 4 aromatic rings. The number of nitrogens with two attached hydrogens (primary N) is 2. The van der Waals surface area contributed by atoms with Crippen LogP contribution >= 0.6 is 11.3 Å². The Kier molecular flexibility index (Phi) is 4.46. The van der Waals surface area contributed by atoms with Crippen molar-refractivity contribution in [3.8, 4) is 11.1 Å². The van der Waals surface area contributed by atoms with Crippen molar-refractivity contribution in [3.63, 3.8) is 0 Å². The third-order valence-corrected chi connectivity index (χ3v) is 6.08. The molecule has 28 heavy (non-hydrogen) atoms. The van der Waals surface area contributed by atoms with Crippen LogP contribution in [0.3, 0.4) is 0 Å². The lowest BCUT2D eigenvalue weighted by atomic mass is 9.99. The summed E-state index contributed by atoms with van der Waals surface area (Å²) in [5.74, 6) is -0.556. The molecule has 0 fully saturated rings. The Labute approximate surface area is 164 Å². The molecule has 0 bridgehead atoms. The molecule has 0 atom stereocenters. The van der Waals surface area contributed by atoms with Crippen LogP contribution in [0.2, 0.25) is 0 Å². The van der Waals surface area contributed by atoms with E-state index in [2.05, 4.69) is 15.2 Å². The minimum atomic E-state index is -3.74. The summed E-state index contributed by atoms with van der Waals surface area (Å²) in [7, 11) is -3.74. The molecule has 10 heteroatoms. The lowest BCUT2D eigenvalue weighted by molar-refractivity contribution is 0.0996. The van der Waals surface area contributed by atoms with Crippen molar-refractivity contribution in [2.75, 3.05) is 0 Å². The highest BCUT2D eigenvalue weighted by Crippen LogP contribution is 2.29. The highest BCUT2D eigenvalue weighted by molar-refractivity contribution is 7.89. The fraction of sp³-hybridized carbons (Fsp3) is 0.0556. The molecule has 4 rings (SSSR count). The van der Waals surface area contributed by atoms with Crippen LogP contribution in [0.1, 0.15) is 21.1 Å². The number of rotatable bonds is 5. The summed E-state index contributed by atoms with van der Waals surface area (Å²) in [5.41, 5.74) is 9.06. The summed E-state index contributed by atoms with van der Waals surface area (Å²) in [4.78, 5) is 15.6. The number of primary amides is 1. The standard InChI is InChI=1S/C18H15N5O3S2/c19-18(24)16-9-27-17(22-16)7-12-5-11(6-15-14(12)8-21-23-15)10-1-3-13(4-2-10)28(20,25)26/h1-6,8-9H,7H2,(H2,19,24)(H,21,23)(H2,20,25,26). The van der Waals surface area contributed by atoms with E-state index in [0.717, 1.165) is 32.6 Å². The van der Waals surface area contributed by atoms with Crippen LogP contribution < -0.4 is 10.9 Å². The minimum Gasteiger partial charge on any atom is -0.364 e. The molecule has 1 amide bonds. The molecule has 0 saturated carbocycles. The molecule has 5 N–H and O–H groups in total. The summed E-state index contributed by atoms with van der Waals surface area (Å²) >= 11 is 1.37. The zero-order valence-corrected chi connectivity index (χ0v) is 16.0. The zero-order chi connectivity index (χ0) is 19.9. The lowest BCUT2D eigenvalue weighted by Gasteiger charge is -2.08. The number of carbonyl (C=O) groups is 1. The van der Waals surface area contributed by atoms with Crippen molar-refractivity contribution >= 4 is 38.2 Å². The zero-order valence-electron chi connectivity index (χ0n) is 14.4. The average Bonchev–Trinajstić information content (AvgIpc) is 3.30. The van der Waals surface area contributed by atoms with Crippen molar-refractivity contribution in [3.05, 3.63) is 64.2 Å². The predicted molar refractivity (Wildman–Crippen MR) is 106 cm³/mol. The number of nitrogens with one attached hydrogen (secondary N) is 1. The highest BCUT2D eigenvalue weighted by Gasteiger charge is 2.13. The van der Waals surface area contributed by atoms with Crippen LogP contribution in [-0.4, -0.2) is 29.5 Å². The number of thiazole rings is 1. The third kappa shape index (κ3) is 3.52.